The predicted octanol–water partition coefficient (Wildman–Crippen LogP) is 7.79. The van der Waals surface area contributed by atoms with E-state index in [0.717, 1.165) is 78.3 Å². The van der Waals surface area contributed by atoms with Gasteiger partial charge in [-0.15, -0.1) is 0 Å². The zero-order valence-electron chi connectivity index (χ0n) is 23.7. The summed E-state index contributed by atoms with van der Waals surface area (Å²) in [4.78, 5) is 5.04. The largest absolute Gasteiger partial charge is 2.00 e. The van der Waals surface area contributed by atoms with Crippen molar-refractivity contribution in [1.82, 2.24) is 18.6 Å². The second kappa shape index (κ2) is 29.4. The number of halogens is 2. The molecule has 0 aliphatic carbocycles. The fourth-order valence-electron chi connectivity index (χ4n) is 4.88. The van der Waals surface area contributed by atoms with Gasteiger partial charge in [0.05, 0.1) is 0 Å². The molecule has 2 bridgehead atoms. The van der Waals surface area contributed by atoms with Crippen molar-refractivity contribution in [2.75, 3.05) is 65.4 Å². The van der Waals surface area contributed by atoms with Crippen LogP contribution in [0.1, 0.15) is 117 Å². The molecule has 2 rings (SSSR count). The number of nitrogens with zero attached hydrogens (tertiary/aromatic N) is 4. The van der Waals surface area contributed by atoms with Crippen molar-refractivity contribution >= 4 is 23.6 Å². The molecule has 4 nitrogen and oxygen atoms in total. The number of hydrogen-bond donors (Lipinski definition) is 0. The molecule has 0 aromatic heterocycles. The van der Waals surface area contributed by atoms with Gasteiger partial charge < -0.3 is 9.80 Å². The molecule has 0 amide bonds. The van der Waals surface area contributed by atoms with E-state index < -0.39 is 0 Å². The first-order valence-corrected chi connectivity index (χ1v) is 15.6. The molecule has 2 fully saturated rings. The van der Waals surface area contributed by atoms with Gasteiger partial charge in [0.25, 0.3) is 0 Å². The van der Waals surface area contributed by atoms with Gasteiger partial charge in [0.15, 0.2) is 0 Å². The molecule has 2 radical (unpaired) electrons. The predicted molar refractivity (Wildman–Crippen MR) is 153 cm³/mol. The van der Waals surface area contributed by atoms with Crippen molar-refractivity contribution in [3.63, 3.8) is 0 Å². The summed E-state index contributed by atoms with van der Waals surface area (Å²) in [5, 5.41) is 0. The summed E-state index contributed by atoms with van der Waals surface area (Å²) in [6, 6.07) is 0. The van der Waals surface area contributed by atoms with E-state index in [0.29, 0.717) is 0 Å². The van der Waals surface area contributed by atoms with Crippen molar-refractivity contribution in [3.05, 3.63) is 0 Å². The van der Waals surface area contributed by atoms with Crippen molar-refractivity contribution in [2.45, 2.75) is 117 Å². The van der Waals surface area contributed by atoms with Gasteiger partial charge in [0.2, 0.25) is 0 Å². The van der Waals surface area contributed by atoms with Crippen LogP contribution in [0.4, 0.5) is 0 Å². The molecule has 2 atom stereocenters. The Morgan fingerprint density at radius 3 is 0.972 bits per heavy atom. The Labute approximate surface area is 257 Å². The van der Waals surface area contributed by atoms with Crippen LogP contribution in [0.2, 0.25) is 0 Å². The van der Waals surface area contributed by atoms with Crippen LogP contribution in [0.15, 0.2) is 0 Å². The zero-order valence-corrected chi connectivity index (χ0v) is 27.6. The van der Waals surface area contributed by atoms with E-state index in [1.54, 1.807) is 0 Å². The minimum Gasteiger partial charge on any atom is -0.301 e. The van der Waals surface area contributed by atoms with Gasteiger partial charge in [0, 0.05) is 52.4 Å². The Balaban J connectivity index is 0. The Kier molecular flexibility index (Phi) is 32.4. The maximum absolute atomic E-state index is 6.21. The van der Waals surface area contributed by atoms with E-state index in [1.807, 2.05) is 8.84 Å². The van der Waals surface area contributed by atoms with Crippen molar-refractivity contribution < 1.29 is 34.1 Å². The molecule has 0 saturated carbocycles. The summed E-state index contributed by atoms with van der Waals surface area (Å²) in [7, 11) is 0. The third-order valence-electron chi connectivity index (χ3n) is 7.26. The van der Waals surface area contributed by atoms with Gasteiger partial charge in [-0.3, -0.25) is 0 Å². The quantitative estimate of drug-likeness (QED) is 0.117. The summed E-state index contributed by atoms with van der Waals surface area (Å²) >= 11 is 12.4. The Morgan fingerprint density at radius 1 is 0.389 bits per heavy atom. The summed E-state index contributed by atoms with van der Waals surface area (Å²) in [6.45, 7) is 15.2. The minimum absolute atomic E-state index is 0. The Bertz CT molecular complexity index is 400. The van der Waals surface area contributed by atoms with Gasteiger partial charge in [-0.2, -0.15) is 0 Å². The van der Waals surface area contributed by atoms with Crippen LogP contribution in [0, 0.1) is 0 Å². The standard InChI is InChI=1S/C16H34.C12H24Cl2N4.2Mn/c1-3-5-7-9-11-13-15-16-14-12-10-8-6-4-2;13-17-5-1-3-15-7-8-16(10-11-17)4-2-6-18(14)12-9-15;;/h3-16H2,1-2H3;1-12H2;;/q;;2*+2. The Morgan fingerprint density at radius 2 is 0.667 bits per heavy atom. The fourth-order valence-corrected chi connectivity index (χ4v) is 5.27. The monoisotopic (exact) mass is 630 g/mol. The zero-order chi connectivity index (χ0) is 24.7. The average molecular weight is 632 g/mol. The smallest absolute Gasteiger partial charge is 0.301 e. The first-order chi connectivity index (χ1) is 16.7. The molecule has 0 aromatic carbocycles. The van der Waals surface area contributed by atoms with E-state index in [-0.39, 0.29) is 34.1 Å². The van der Waals surface area contributed by atoms with Crippen molar-refractivity contribution in [2.24, 2.45) is 0 Å². The second-order valence-corrected chi connectivity index (χ2v) is 11.4. The van der Waals surface area contributed by atoms with Crippen molar-refractivity contribution in [1.29, 1.82) is 0 Å². The fraction of sp³-hybridized carbons (Fsp3) is 1.00. The molecular weight excluding hydrogens is 573 g/mol. The van der Waals surface area contributed by atoms with Crippen LogP contribution in [-0.4, -0.2) is 84.1 Å². The molecule has 2 aliphatic heterocycles. The molecule has 0 N–H and O–H groups in total. The molecule has 8 heteroatoms. The molecule has 2 saturated heterocycles. The minimum atomic E-state index is 0. The van der Waals surface area contributed by atoms with Gasteiger partial charge >= 0.3 is 34.1 Å². The first-order valence-electron chi connectivity index (χ1n) is 14.9. The topological polar surface area (TPSA) is 13.0 Å². The van der Waals surface area contributed by atoms with Crippen LogP contribution >= 0.6 is 23.6 Å². The van der Waals surface area contributed by atoms with Gasteiger partial charge in [-0.1, -0.05) is 104 Å². The number of hydrogen-bond acceptors (Lipinski definition) is 4. The molecule has 0 aromatic rings. The van der Waals surface area contributed by atoms with Crippen LogP contribution in [0.25, 0.3) is 0 Å². The molecule has 2 aliphatic rings. The van der Waals surface area contributed by atoms with Gasteiger partial charge in [-0.25, -0.2) is 8.84 Å². The summed E-state index contributed by atoms with van der Waals surface area (Å²) in [5.74, 6) is 0. The number of fused-ring (bicyclic) bond motifs is 3. The van der Waals surface area contributed by atoms with E-state index in [9.17, 15) is 0 Å². The number of unbranched alkanes of at least 4 members (excludes halogenated alkanes) is 13. The SMILES string of the molecule is CCCCCCCCCCCCCCCC.ClN1CCCN2CCN(Cl)CCCN(CC1)CC2.[Mn+2].[Mn+2]. The van der Waals surface area contributed by atoms with E-state index in [4.69, 9.17) is 23.6 Å². The molecule has 214 valence electrons. The maximum Gasteiger partial charge on any atom is 2.00 e. The normalized spacial score (nSPS) is 22.0. The van der Waals surface area contributed by atoms with Crippen LogP contribution < -0.4 is 0 Å². The molecule has 36 heavy (non-hydrogen) atoms. The molecule has 2 unspecified atom stereocenters. The Hall–Kier alpha value is 1.46. The third-order valence-corrected chi connectivity index (χ3v) is 7.93. The van der Waals surface area contributed by atoms with Crippen molar-refractivity contribution in [3.8, 4) is 0 Å². The third kappa shape index (κ3) is 24.5. The molecule has 2 heterocycles. The first kappa shape index (κ1) is 39.6. The van der Waals surface area contributed by atoms with Gasteiger partial charge in [0.1, 0.15) is 0 Å². The summed E-state index contributed by atoms with van der Waals surface area (Å²) in [5.41, 5.74) is 0. The second-order valence-electron chi connectivity index (χ2n) is 10.5. The van der Waals surface area contributed by atoms with E-state index in [2.05, 4.69) is 23.6 Å². The van der Waals surface area contributed by atoms with Crippen LogP contribution in [0.5, 0.6) is 0 Å². The summed E-state index contributed by atoms with van der Waals surface area (Å²) < 4.78 is 3.88. The molecule has 0 spiro atoms. The average Bonchev–Trinajstić information content (AvgIpc) is 2.84. The summed E-state index contributed by atoms with van der Waals surface area (Å²) in [6.07, 6.45) is 22.7. The number of rotatable bonds is 13. The maximum atomic E-state index is 6.21. The van der Waals surface area contributed by atoms with Crippen LogP contribution in [-0.2, 0) is 34.1 Å². The van der Waals surface area contributed by atoms with E-state index in [1.165, 1.54) is 89.9 Å². The molecular formula is C28H58Cl2Mn2N4+4. The van der Waals surface area contributed by atoms with E-state index >= 15 is 0 Å². The van der Waals surface area contributed by atoms with Crippen LogP contribution in [0.3, 0.4) is 0 Å². The van der Waals surface area contributed by atoms with Gasteiger partial charge in [-0.05, 0) is 49.5 Å².